The second-order valence-corrected chi connectivity index (χ2v) is 7.54. The minimum atomic E-state index is -0.476. The van der Waals surface area contributed by atoms with Gasteiger partial charge in [0.25, 0.3) is 11.8 Å². The molecule has 1 aromatic rings. The van der Waals surface area contributed by atoms with Crippen molar-refractivity contribution >= 4 is 29.6 Å². The number of likely N-dealkylation sites (tertiary alicyclic amines) is 1. The fourth-order valence-electron chi connectivity index (χ4n) is 3.67. The van der Waals surface area contributed by atoms with Crippen molar-refractivity contribution in [3.8, 4) is 0 Å². The van der Waals surface area contributed by atoms with Crippen LogP contribution in [0.1, 0.15) is 46.9 Å². The Kier molecular flexibility index (Phi) is 6.49. The Balaban J connectivity index is 1.49. The van der Waals surface area contributed by atoms with E-state index in [0.717, 1.165) is 4.90 Å². The first-order valence-corrected chi connectivity index (χ1v) is 9.95. The molecule has 9 nitrogen and oxygen atoms in total. The van der Waals surface area contributed by atoms with Crippen molar-refractivity contribution in [2.24, 2.45) is 5.92 Å². The molecule has 2 aliphatic rings. The fraction of sp³-hybridized carbons (Fsp3) is 0.476. The second kappa shape index (κ2) is 9.06. The SMILES string of the molecule is CNC(=O)CCC(=O)O[C@H]1CN(C(=O)CCN2C(=O)c3ccccc3C2=O)CC1C. The number of imide groups is 1. The van der Waals surface area contributed by atoms with Gasteiger partial charge in [0.2, 0.25) is 11.8 Å². The van der Waals surface area contributed by atoms with Crippen LogP contribution in [0.3, 0.4) is 0 Å². The van der Waals surface area contributed by atoms with Gasteiger partial charge in [0.05, 0.1) is 24.1 Å². The van der Waals surface area contributed by atoms with Crippen LogP contribution in [0.25, 0.3) is 0 Å². The average Bonchev–Trinajstić information content (AvgIpc) is 3.22. The number of nitrogens with one attached hydrogen (secondary N) is 1. The third-order valence-corrected chi connectivity index (χ3v) is 5.44. The summed E-state index contributed by atoms with van der Waals surface area (Å²) in [4.78, 5) is 63.2. The molecule has 9 heteroatoms. The number of benzene rings is 1. The molecule has 160 valence electrons. The predicted molar refractivity (Wildman–Crippen MR) is 105 cm³/mol. The van der Waals surface area contributed by atoms with Crippen LogP contribution in [0.5, 0.6) is 0 Å². The molecule has 0 aliphatic carbocycles. The van der Waals surface area contributed by atoms with E-state index in [0.29, 0.717) is 17.7 Å². The van der Waals surface area contributed by atoms with Crippen molar-refractivity contribution in [1.82, 2.24) is 15.1 Å². The standard InChI is InChI=1S/C21H25N3O6/c1-13-11-23(12-16(13)30-19(27)8-7-17(25)22-2)18(26)9-10-24-20(28)14-5-3-4-6-15(14)21(24)29/h3-6,13,16H,7-12H2,1-2H3,(H,22,25)/t13?,16-/m0/s1. The van der Waals surface area contributed by atoms with E-state index >= 15 is 0 Å². The Morgan fingerprint density at radius 1 is 1.03 bits per heavy atom. The van der Waals surface area contributed by atoms with Crippen LogP contribution < -0.4 is 5.32 Å². The lowest BCUT2D eigenvalue weighted by atomic mass is 10.1. The topological polar surface area (TPSA) is 113 Å². The third-order valence-electron chi connectivity index (χ3n) is 5.44. The summed E-state index contributed by atoms with van der Waals surface area (Å²) in [6.07, 6.45) is -0.392. The van der Waals surface area contributed by atoms with Gasteiger partial charge in [0, 0.05) is 38.9 Å². The highest BCUT2D eigenvalue weighted by Gasteiger charge is 2.37. The van der Waals surface area contributed by atoms with Gasteiger partial charge in [0.15, 0.2) is 0 Å². The summed E-state index contributed by atoms with van der Waals surface area (Å²) in [7, 11) is 1.50. The van der Waals surface area contributed by atoms with Crippen LogP contribution >= 0.6 is 0 Å². The van der Waals surface area contributed by atoms with Gasteiger partial charge in [-0.3, -0.25) is 28.9 Å². The molecule has 2 aliphatic heterocycles. The molecule has 0 bridgehead atoms. The minimum absolute atomic E-state index is 0.00659. The first-order valence-electron chi connectivity index (χ1n) is 9.95. The van der Waals surface area contributed by atoms with Gasteiger partial charge in [-0.05, 0) is 12.1 Å². The molecule has 1 fully saturated rings. The molecule has 2 atom stereocenters. The molecule has 0 aromatic heterocycles. The van der Waals surface area contributed by atoms with Gasteiger partial charge in [-0.1, -0.05) is 19.1 Å². The van der Waals surface area contributed by atoms with E-state index in [4.69, 9.17) is 4.74 Å². The van der Waals surface area contributed by atoms with E-state index in [1.54, 1.807) is 29.2 Å². The van der Waals surface area contributed by atoms with E-state index in [2.05, 4.69) is 5.32 Å². The average molecular weight is 415 g/mol. The van der Waals surface area contributed by atoms with E-state index < -0.39 is 12.1 Å². The number of amides is 4. The number of fused-ring (bicyclic) bond motifs is 1. The van der Waals surface area contributed by atoms with Crippen molar-refractivity contribution in [3.05, 3.63) is 35.4 Å². The summed E-state index contributed by atoms with van der Waals surface area (Å²) in [6, 6.07) is 6.59. The van der Waals surface area contributed by atoms with Gasteiger partial charge in [-0.2, -0.15) is 0 Å². The lowest BCUT2D eigenvalue weighted by Gasteiger charge is -2.19. The van der Waals surface area contributed by atoms with E-state index in [1.165, 1.54) is 7.05 Å². The summed E-state index contributed by atoms with van der Waals surface area (Å²) in [5.41, 5.74) is 0.710. The largest absolute Gasteiger partial charge is 0.460 e. The molecule has 0 saturated carbocycles. The number of nitrogens with zero attached hydrogens (tertiary/aromatic N) is 2. The number of carbonyl (C=O) groups is 5. The van der Waals surface area contributed by atoms with Crippen LogP contribution in [0.4, 0.5) is 0 Å². The zero-order valence-electron chi connectivity index (χ0n) is 17.1. The summed E-state index contributed by atoms with van der Waals surface area (Å²) in [6.45, 7) is 2.57. The number of carbonyl (C=O) groups excluding carboxylic acids is 5. The monoisotopic (exact) mass is 415 g/mol. The quantitative estimate of drug-likeness (QED) is 0.515. The van der Waals surface area contributed by atoms with Crippen LogP contribution in [-0.4, -0.2) is 72.2 Å². The molecule has 4 amide bonds. The lowest BCUT2D eigenvalue weighted by Crippen LogP contribution is -2.36. The van der Waals surface area contributed by atoms with Gasteiger partial charge in [0.1, 0.15) is 6.10 Å². The fourth-order valence-corrected chi connectivity index (χ4v) is 3.67. The molecule has 1 unspecified atom stereocenters. The summed E-state index contributed by atoms with van der Waals surface area (Å²) < 4.78 is 5.42. The zero-order chi connectivity index (χ0) is 21.8. The van der Waals surface area contributed by atoms with Crippen LogP contribution in [-0.2, 0) is 19.1 Å². The van der Waals surface area contributed by atoms with Crippen molar-refractivity contribution < 1.29 is 28.7 Å². The van der Waals surface area contributed by atoms with Crippen LogP contribution in [0.15, 0.2) is 24.3 Å². The Morgan fingerprint density at radius 2 is 1.67 bits per heavy atom. The van der Waals surface area contributed by atoms with Crippen molar-refractivity contribution in [3.63, 3.8) is 0 Å². The maximum Gasteiger partial charge on any atom is 0.306 e. The van der Waals surface area contributed by atoms with Gasteiger partial charge >= 0.3 is 5.97 Å². The Morgan fingerprint density at radius 3 is 2.27 bits per heavy atom. The summed E-state index contributed by atoms with van der Waals surface area (Å²) in [5, 5.41) is 2.44. The van der Waals surface area contributed by atoms with Crippen LogP contribution in [0.2, 0.25) is 0 Å². The molecule has 1 saturated heterocycles. The first kappa shape index (κ1) is 21.5. The molecule has 30 heavy (non-hydrogen) atoms. The molecule has 3 rings (SSSR count). The summed E-state index contributed by atoms with van der Waals surface area (Å²) >= 11 is 0. The number of rotatable bonds is 7. The normalized spacial score (nSPS) is 20.3. The molecule has 1 N–H and O–H groups in total. The number of esters is 1. The van der Waals surface area contributed by atoms with Crippen molar-refractivity contribution in [2.75, 3.05) is 26.7 Å². The smallest absolute Gasteiger partial charge is 0.306 e. The molecule has 1 aromatic carbocycles. The Hall–Kier alpha value is -3.23. The zero-order valence-corrected chi connectivity index (χ0v) is 17.1. The van der Waals surface area contributed by atoms with Crippen molar-refractivity contribution in [2.45, 2.75) is 32.3 Å². The second-order valence-electron chi connectivity index (χ2n) is 7.54. The van der Waals surface area contributed by atoms with E-state index in [-0.39, 0.29) is 61.9 Å². The highest BCUT2D eigenvalue weighted by Crippen LogP contribution is 2.24. The third kappa shape index (κ3) is 4.50. The number of hydrogen-bond acceptors (Lipinski definition) is 6. The Bertz CT molecular complexity index is 848. The predicted octanol–water partition coefficient (Wildman–Crippen LogP) is 0.589. The van der Waals surface area contributed by atoms with Crippen molar-refractivity contribution in [1.29, 1.82) is 0 Å². The molecule has 2 heterocycles. The molecule has 0 radical (unpaired) electrons. The first-order chi connectivity index (χ1) is 14.3. The van der Waals surface area contributed by atoms with E-state index in [1.807, 2.05) is 6.92 Å². The number of hydrogen-bond donors (Lipinski definition) is 1. The van der Waals surface area contributed by atoms with E-state index in [9.17, 15) is 24.0 Å². The summed E-state index contributed by atoms with van der Waals surface area (Å²) in [5.74, 6) is -1.74. The van der Waals surface area contributed by atoms with Gasteiger partial charge in [-0.15, -0.1) is 0 Å². The lowest BCUT2D eigenvalue weighted by molar-refractivity contribution is -0.151. The molecular weight excluding hydrogens is 390 g/mol. The Labute approximate surface area is 174 Å². The number of ether oxygens (including phenoxy) is 1. The van der Waals surface area contributed by atoms with Gasteiger partial charge < -0.3 is 15.0 Å². The highest BCUT2D eigenvalue weighted by atomic mass is 16.5. The molecule has 0 spiro atoms. The molecular formula is C21H25N3O6. The maximum atomic E-state index is 12.6. The van der Waals surface area contributed by atoms with Crippen LogP contribution in [0, 0.1) is 5.92 Å². The van der Waals surface area contributed by atoms with Gasteiger partial charge in [-0.25, -0.2) is 0 Å². The highest BCUT2D eigenvalue weighted by molar-refractivity contribution is 6.21. The maximum absolute atomic E-state index is 12.6. The minimum Gasteiger partial charge on any atom is -0.460 e.